The van der Waals surface area contributed by atoms with Crippen LogP contribution in [0.5, 0.6) is 0 Å². The van der Waals surface area contributed by atoms with Crippen molar-refractivity contribution in [1.29, 1.82) is 0 Å². The number of carbonyl (C=O) groups is 2. The molecule has 1 aliphatic rings. The van der Waals surface area contributed by atoms with E-state index in [2.05, 4.69) is 22.7 Å². The smallest absolute Gasteiger partial charge is 0.407 e. The molecule has 1 heterocycles. The van der Waals surface area contributed by atoms with Gasteiger partial charge in [0, 0.05) is 17.9 Å². The summed E-state index contributed by atoms with van der Waals surface area (Å²) in [5.41, 5.74) is 5.83. The lowest BCUT2D eigenvalue weighted by Gasteiger charge is -2.35. The van der Waals surface area contributed by atoms with Gasteiger partial charge in [0.15, 0.2) is 5.82 Å². The highest BCUT2D eigenvalue weighted by molar-refractivity contribution is 5.98. The maximum absolute atomic E-state index is 13.2. The zero-order chi connectivity index (χ0) is 22.8. The number of primary amides is 1. The zero-order valence-corrected chi connectivity index (χ0v) is 18.3. The average molecular weight is 432 g/mol. The minimum atomic E-state index is -0.609. The summed E-state index contributed by atoms with van der Waals surface area (Å²) in [5.74, 6) is -0.363. The van der Waals surface area contributed by atoms with Gasteiger partial charge in [0.05, 0.1) is 6.04 Å². The van der Waals surface area contributed by atoms with E-state index in [1.54, 1.807) is 23.0 Å². The number of benzene rings is 1. The van der Waals surface area contributed by atoms with Crippen LogP contribution in [0.3, 0.4) is 0 Å². The van der Waals surface area contributed by atoms with Gasteiger partial charge in [-0.3, -0.25) is 9.48 Å². The Morgan fingerprint density at radius 3 is 2.52 bits per heavy atom. The lowest BCUT2D eigenvalue weighted by atomic mass is 9.83. The molecule has 3 rings (SSSR count). The Balaban J connectivity index is 1.77. The summed E-state index contributed by atoms with van der Waals surface area (Å²) in [6, 6.07) is 5.66. The highest BCUT2D eigenvalue weighted by Gasteiger charge is 2.32. The van der Waals surface area contributed by atoms with Crippen molar-refractivity contribution in [3.8, 4) is 0 Å². The van der Waals surface area contributed by atoms with Gasteiger partial charge in [-0.2, -0.15) is 5.10 Å². The Hall–Kier alpha value is -3.10. The van der Waals surface area contributed by atoms with Crippen LogP contribution < -0.4 is 16.4 Å². The van der Waals surface area contributed by atoms with Gasteiger partial charge in [0.25, 0.3) is 5.91 Å². The normalized spacial score (nSPS) is 21.4. The molecule has 0 aliphatic heterocycles. The number of hydrogen-bond donors (Lipinski definition) is 3. The Bertz CT molecular complexity index is 936. The van der Waals surface area contributed by atoms with E-state index < -0.39 is 17.6 Å². The van der Waals surface area contributed by atoms with Crippen LogP contribution in [0, 0.1) is 11.7 Å². The molecule has 0 saturated heterocycles. The lowest BCUT2D eigenvalue weighted by molar-refractivity contribution is 0.0473. The van der Waals surface area contributed by atoms with Gasteiger partial charge < -0.3 is 21.1 Å². The molecule has 168 valence electrons. The highest BCUT2D eigenvalue weighted by Crippen LogP contribution is 2.35. The van der Waals surface area contributed by atoms with Crippen molar-refractivity contribution >= 4 is 23.5 Å². The van der Waals surface area contributed by atoms with Crippen LogP contribution in [0.1, 0.15) is 63.4 Å². The molecule has 3 atom stereocenters. The van der Waals surface area contributed by atoms with Crippen LogP contribution in [0.2, 0.25) is 0 Å². The summed E-state index contributed by atoms with van der Waals surface area (Å²) in [4.78, 5) is 24.2. The SMILES string of the molecule is C[C@@H]1CCC(NC(=O)OC(C)(C)C)CC1n1cc(C(N)=O)c(Nc2ccc(F)cc2)n1. The third-order valence-corrected chi connectivity index (χ3v) is 5.32. The van der Waals surface area contributed by atoms with Gasteiger partial charge in [-0.25, -0.2) is 9.18 Å². The first kappa shape index (κ1) is 22.6. The first-order valence-corrected chi connectivity index (χ1v) is 10.4. The molecular formula is C22H30FN5O3. The summed E-state index contributed by atoms with van der Waals surface area (Å²) in [6.07, 6.45) is 3.56. The molecule has 31 heavy (non-hydrogen) atoms. The molecule has 2 unspecified atom stereocenters. The molecule has 0 spiro atoms. The van der Waals surface area contributed by atoms with E-state index >= 15 is 0 Å². The molecule has 1 aromatic carbocycles. The molecule has 2 aromatic rings. The first-order chi connectivity index (χ1) is 14.5. The first-order valence-electron chi connectivity index (χ1n) is 10.4. The topological polar surface area (TPSA) is 111 Å². The number of nitrogens with zero attached hydrogens (tertiary/aromatic N) is 2. The highest BCUT2D eigenvalue weighted by atomic mass is 19.1. The molecule has 0 radical (unpaired) electrons. The molecule has 1 aromatic heterocycles. The summed E-state index contributed by atoms with van der Waals surface area (Å²) in [7, 11) is 0. The maximum Gasteiger partial charge on any atom is 0.407 e. The van der Waals surface area contributed by atoms with Crippen LogP contribution in [0.4, 0.5) is 20.7 Å². The quantitative estimate of drug-likeness (QED) is 0.659. The molecule has 2 amide bonds. The number of halogens is 1. The zero-order valence-electron chi connectivity index (χ0n) is 18.3. The second kappa shape index (κ2) is 8.95. The fourth-order valence-corrected chi connectivity index (χ4v) is 3.78. The second-order valence-corrected chi connectivity index (χ2v) is 9.07. The Kier molecular flexibility index (Phi) is 6.52. The van der Waals surface area contributed by atoms with Crippen molar-refractivity contribution in [2.24, 2.45) is 11.7 Å². The molecule has 1 fully saturated rings. The minimum Gasteiger partial charge on any atom is -0.444 e. The van der Waals surface area contributed by atoms with Crippen LogP contribution in [-0.2, 0) is 4.74 Å². The maximum atomic E-state index is 13.2. The Morgan fingerprint density at radius 2 is 1.90 bits per heavy atom. The Labute approximate surface area is 181 Å². The van der Waals surface area contributed by atoms with E-state index in [4.69, 9.17) is 10.5 Å². The van der Waals surface area contributed by atoms with Gasteiger partial charge in [-0.05, 0) is 70.2 Å². The van der Waals surface area contributed by atoms with Gasteiger partial charge in [0.1, 0.15) is 17.0 Å². The van der Waals surface area contributed by atoms with Gasteiger partial charge in [-0.15, -0.1) is 0 Å². The van der Waals surface area contributed by atoms with E-state index in [1.807, 2.05) is 20.8 Å². The fourth-order valence-electron chi connectivity index (χ4n) is 3.78. The molecular weight excluding hydrogens is 401 g/mol. The third-order valence-electron chi connectivity index (χ3n) is 5.32. The molecule has 0 bridgehead atoms. The number of nitrogens with one attached hydrogen (secondary N) is 2. The number of ether oxygens (including phenoxy) is 1. The van der Waals surface area contributed by atoms with Crippen molar-refractivity contribution in [2.75, 3.05) is 5.32 Å². The number of nitrogens with two attached hydrogens (primary N) is 1. The van der Waals surface area contributed by atoms with E-state index in [0.717, 1.165) is 12.8 Å². The molecule has 4 N–H and O–H groups in total. The van der Waals surface area contributed by atoms with Gasteiger partial charge >= 0.3 is 6.09 Å². The molecule has 8 nitrogen and oxygen atoms in total. The number of carbonyl (C=O) groups excluding carboxylic acids is 2. The van der Waals surface area contributed by atoms with E-state index in [9.17, 15) is 14.0 Å². The average Bonchev–Trinajstić information content (AvgIpc) is 3.07. The predicted molar refractivity (Wildman–Crippen MR) is 116 cm³/mol. The van der Waals surface area contributed by atoms with Crippen molar-refractivity contribution in [2.45, 2.75) is 64.6 Å². The van der Waals surface area contributed by atoms with Gasteiger partial charge in [0.2, 0.25) is 0 Å². The second-order valence-electron chi connectivity index (χ2n) is 9.07. The summed E-state index contributed by atoms with van der Waals surface area (Å²) < 4.78 is 20.3. The van der Waals surface area contributed by atoms with Crippen LogP contribution >= 0.6 is 0 Å². The fraction of sp³-hybridized carbons (Fsp3) is 0.500. The Morgan fingerprint density at radius 1 is 1.23 bits per heavy atom. The lowest BCUT2D eigenvalue weighted by Crippen LogP contribution is -2.43. The van der Waals surface area contributed by atoms with Crippen molar-refractivity contribution < 1.29 is 18.7 Å². The van der Waals surface area contributed by atoms with E-state index in [1.165, 1.54) is 12.1 Å². The summed E-state index contributed by atoms with van der Waals surface area (Å²) in [6.45, 7) is 7.59. The van der Waals surface area contributed by atoms with E-state index in [-0.39, 0.29) is 29.4 Å². The number of amides is 2. The number of rotatable bonds is 5. The van der Waals surface area contributed by atoms with Crippen molar-refractivity contribution in [3.63, 3.8) is 0 Å². The van der Waals surface area contributed by atoms with Gasteiger partial charge in [-0.1, -0.05) is 6.92 Å². The van der Waals surface area contributed by atoms with Crippen LogP contribution in [-0.4, -0.2) is 33.4 Å². The molecule has 9 heteroatoms. The number of anilines is 2. The summed E-state index contributed by atoms with van der Waals surface area (Å²) in [5, 5.41) is 10.5. The van der Waals surface area contributed by atoms with Crippen molar-refractivity contribution in [1.82, 2.24) is 15.1 Å². The third kappa shape index (κ3) is 5.96. The van der Waals surface area contributed by atoms with E-state index in [0.29, 0.717) is 17.9 Å². The summed E-state index contributed by atoms with van der Waals surface area (Å²) >= 11 is 0. The van der Waals surface area contributed by atoms with Crippen molar-refractivity contribution in [3.05, 3.63) is 41.8 Å². The minimum absolute atomic E-state index is 0.0319. The number of hydrogen-bond acceptors (Lipinski definition) is 5. The number of alkyl carbamates (subject to hydrolysis) is 1. The molecule has 1 aliphatic carbocycles. The van der Waals surface area contributed by atoms with Crippen LogP contribution in [0.25, 0.3) is 0 Å². The largest absolute Gasteiger partial charge is 0.444 e. The number of aromatic nitrogens is 2. The molecule has 1 saturated carbocycles. The van der Waals surface area contributed by atoms with Crippen LogP contribution in [0.15, 0.2) is 30.5 Å². The monoisotopic (exact) mass is 431 g/mol. The standard InChI is InChI=1S/C22H30FN5O3/c1-13-5-8-16(26-21(30)31-22(2,3)4)11-18(13)28-12-17(19(24)29)20(27-28)25-15-9-6-14(23)7-10-15/h6-7,9-10,12-13,16,18H,5,8,11H2,1-4H3,(H2,24,29)(H,25,27)(H,26,30)/t13-,16?,18?/m1/s1. The predicted octanol–water partition coefficient (Wildman–Crippen LogP) is 4.12.